The molecule has 0 N–H and O–H groups in total. The second kappa shape index (κ2) is 9.29. The molecule has 0 aliphatic rings. The highest BCUT2D eigenvalue weighted by Gasteiger charge is 2.33. The van der Waals surface area contributed by atoms with E-state index < -0.39 is 22.4 Å². The molecule has 0 heterocycles. The molecular weight excluding hydrogens is 413 g/mol. The Balaban J connectivity index is 1.80. The topological polar surface area (TPSA) is 74.0 Å². The smallest absolute Gasteiger partial charge is 0.416 e. The van der Waals surface area contributed by atoms with Gasteiger partial charge in [0.05, 0.1) is 22.8 Å². The average Bonchev–Trinajstić information content (AvgIpc) is 2.73. The Bertz CT molecular complexity index is 1100. The fraction of sp³-hybridized carbons (Fsp3) is 0.136. The van der Waals surface area contributed by atoms with Crippen molar-refractivity contribution in [2.45, 2.75) is 13.1 Å². The quantitative estimate of drug-likeness (QED) is 0.242. The zero-order valence-electron chi connectivity index (χ0n) is 16.3. The van der Waals surface area contributed by atoms with E-state index in [-0.39, 0.29) is 11.5 Å². The van der Waals surface area contributed by atoms with Gasteiger partial charge in [-0.1, -0.05) is 12.1 Å². The maximum absolute atomic E-state index is 12.8. The molecule has 0 aliphatic carbocycles. The minimum Gasteiger partial charge on any atom is -0.494 e. The number of benzene rings is 3. The third-order valence-corrected chi connectivity index (χ3v) is 4.08. The Hall–Kier alpha value is -3.88. The third-order valence-electron chi connectivity index (χ3n) is 4.08. The molecule has 0 amide bonds. The van der Waals surface area contributed by atoms with Crippen molar-refractivity contribution >= 4 is 17.6 Å². The molecule has 3 aromatic carbocycles. The molecule has 0 saturated heterocycles. The van der Waals surface area contributed by atoms with Gasteiger partial charge in [0, 0.05) is 12.3 Å². The molecule has 0 aliphatic heterocycles. The number of rotatable bonds is 7. The number of halogens is 3. The third kappa shape index (κ3) is 5.81. The van der Waals surface area contributed by atoms with E-state index in [1.807, 2.05) is 6.92 Å². The van der Waals surface area contributed by atoms with Crippen LogP contribution in [-0.2, 0) is 6.18 Å². The van der Waals surface area contributed by atoms with Crippen molar-refractivity contribution in [1.29, 1.82) is 0 Å². The lowest BCUT2D eigenvalue weighted by Crippen LogP contribution is -2.06. The molecule has 3 aromatic rings. The van der Waals surface area contributed by atoms with Crippen LogP contribution in [-0.4, -0.2) is 17.7 Å². The Labute approximate surface area is 175 Å². The van der Waals surface area contributed by atoms with Crippen LogP contribution >= 0.6 is 0 Å². The Kier molecular flexibility index (Phi) is 6.54. The summed E-state index contributed by atoms with van der Waals surface area (Å²) in [4.78, 5) is 14.6. The van der Waals surface area contributed by atoms with Gasteiger partial charge in [-0.3, -0.25) is 15.1 Å². The van der Waals surface area contributed by atoms with Crippen molar-refractivity contribution in [3.05, 3.63) is 88.0 Å². The lowest BCUT2D eigenvalue weighted by atomic mass is 10.1. The minimum absolute atomic E-state index is 0.221. The lowest BCUT2D eigenvalue weighted by Gasteiger charge is -2.10. The van der Waals surface area contributed by atoms with Crippen LogP contribution in [0, 0.1) is 10.1 Å². The maximum atomic E-state index is 12.8. The van der Waals surface area contributed by atoms with Crippen LogP contribution in [0.2, 0.25) is 0 Å². The van der Waals surface area contributed by atoms with Crippen molar-refractivity contribution in [2.24, 2.45) is 4.99 Å². The van der Waals surface area contributed by atoms with Gasteiger partial charge in [-0.25, -0.2) is 0 Å². The number of nitrogens with zero attached hydrogens (tertiary/aromatic N) is 2. The molecule has 0 radical (unpaired) electrons. The first-order chi connectivity index (χ1) is 14.8. The summed E-state index contributed by atoms with van der Waals surface area (Å²) in [7, 11) is 0. The van der Waals surface area contributed by atoms with Gasteiger partial charge < -0.3 is 9.47 Å². The zero-order valence-corrected chi connectivity index (χ0v) is 16.3. The highest BCUT2D eigenvalue weighted by molar-refractivity contribution is 5.82. The number of ether oxygens (including phenoxy) is 2. The Morgan fingerprint density at radius 3 is 2.42 bits per heavy atom. The highest BCUT2D eigenvalue weighted by Crippen LogP contribution is 2.37. The predicted molar refractivity (Wildman–Crippen MR) is 109 cm³/mol. The van der Waals surface area contributed by atoms with E-state index >= 15 is 0 Å². The van der Waals surface area contributed by atoms with Crippen molar-refractivity contribution < 1.29 is 27.6 Å². The summed E-state index contributed by atoms with van der Waals surface area (Å²) in [5, 5.41) is 11.2. The van der Waals surface area contributed by atoms with Crippen molar-refractivity contribution in [3.63, 3.8) is 0 Å². The van der Waals surface area contributed by atoms with E-state index in [0.29, 0.717) is 23.9 Å². The van der Waals surface area contributed by atoms with Gasteiger partial charge in [-0.15, -0.1) is 0 Å². The summed E-state index contributed by atoms with van der Waals surface area (Å²) >= 11 is 0. The molecule has 0 saturated carbocycles. The first kappa shape index (κ1) is 21.8. The second-order valence-corrected chi connectivity index (χ2v) is 6.30. The molecule has 0 fully saturated rings. The molecule has 0 bridgehead atoms. The molecule has 31 heavy (non-hydrogen) atoms. The zero-order chi connectivity index (χ0) is 22.4. The molecule has 0 unspecified atom stereocenters. The van der Waals surface area contributed by atoms with Crippen molar-refractivity contribution in [1.82, 2.24) is 0 Å². The average molecular weight is 430 g/mol. The van der Waals surface area contributed by atoms with Crippen molar-refractivity contribution in [3.8, 4) is 17.2 Å². The Morgan fingerprint density at radius 2 is 1.77 bits per heavy atom. The van der Waals surface area contributed by atoms with E-state index in [2.05, 4.69) is 4.99 Å². The largest absolute Gasteiger partial charge is 0.494 e. The predicted octanol–water partition coefficient (Wildman–Crippen LogP) is 6.56. The number of hydrogen-bond acceptors (Lipinski definition) is 5. The summed E-state index contributed by atoms with van der Waals surface area (Å²) in [5.41, 5.74) is -0.569. The number of alkyl halides is 3. The van der Waals surface area contributed by atoms with Crippen LogP contribution in [0.1, 0.15) is 18.1 Å². The summed E-state index contributed by atoms with van der Waals surface area (Å²) < 4.78 is 49.4. The van der Waals surface area contributed by atoms with Crippen LogP contribution in [0.4, 0.5) is 24.5 Å². The van der Waals surface area contributed by atoms with E-state index in [1.165, 1.54) is 6.07 Å². The van der Waals surface area contributed by atoms with Gasteiger partial charge >= 0.3 is 11.9 Å². The minimum atomic E-state index is -4.69. The first-order valence-corrected chi connectivity index (χ1v) is 9.17. The summed E-state index contributed by atoms with van der Waals surface area (Å²) in [5.74, 6) is 0.659. The van der Waals surface area contributed by atoms with Crippen LogP contribution in [0.3, 0.4) is 0 Å². The fourth-order valence-electron chi connectivity index (χ4n) is 2.65. The van der Waals surface area contributed by atoms with Crippen LogP contribution < -0.4 is 9.47 Å². The molecular formula is C22H17F3N2O4. The number of hydrogen-bond donors (Lipinski definition) is 0. The summed E-state index contributed by atoms with van der Waals surface area (Å²) in [6, 6.07) is 15.8. The van der Waals surface area contributed by atoms with E-state index in [4.69, 9.17) is 9.47 Å². The first-order valence-electron chi connectivity index (χ1n) is 9.17. The number of nitro groups is 1. The molecule has 6 nitrogen and oxygen atoms in total. The monoisotopic (exact) mass is 430 g/mol. The lowest BCUT2D eigenvalue weighted by molar-refractivity contribution is -0.385. The van der Waals surface area contributed by atoms with Crippen LogP contribution in [0.25, 0.3) is 0 Å². The second-order valence-electron chi connectivity index (χ2n) is 6.30. The van der Waals surface area contributed by atoms with E-state index in [9.17, 15) is 23.3 Å². The Morgan fingerprint density at radius 1 is 1.03 bits per heavy atom. The van der Waals surface area contributed by atoms with Gasteiger partial charge in [0.1, 0.15) is 11.5 Å². The van der Waals surface area contributed by atoms with E-state index in [0.717, 1.165) is 17.9 Å². The van der Waals surface area contributed by atoms with Gasteiger partial charge in [-0.2, -0.15) is 13.2 Å². The van der Waals surface area contributed by atoms with Gasteiger partial charge in [0.2, 0.25) is 5.75 Å². The van der Waals surface area contributed by atoms with Crippen molar-refractivity contribution in [2.75, 3.05) is 6.61 Å². The fourth-order valence-corrected chi connectivity index (χ4v) is 2.65. The van der Waals surface area contributed by atoms with Gasteiger partial charge in [0.15, 0.2) is 0 Å². The van der Waals surface area contributed by atoms with Gasteiger partial charge in [-0.05, 0) is 61.0 Å². The van der Waals surface area contributed by atoms with E-state index in [1.54, 1.807) is 48.7 Å². The maximum Gasteiger partial charge on any atom is 0.416 e. The number of aliphatic imine (C=N–C) groups is 1. The number of nitro benzene ring substituents is 1. The SMILES string of the molecule is CCOc1ccc(N=Cc2cccc(Oc3ccc(C(F)(F)F)cc3[N+](=O)[O-])c2)cc1. The molecule has 9 heteroatoms. The van der Waals surface area contributed by atoms with Crippen LogP contribution in [0.5, 0.6) is 17.2 Å². The standard InChI is InChI=1S/C22H17F3N2O4/c1-2-30-18-9-7-17(8-10-18)26-14-15-4-3-5-19(12-15)31-21-11-6-16(22(23,24)25)13-20(21)27(28)29/h3-14H,2H2,1H3. The molecule has 0 spiro atoms. The molecule has 0 atom stereocenters. The summed E-state index contributed by atoms with van der Waals surface area (Å²) in [6.07, 6.45) is -3.12. The molecule has 3 rings (SSSR count). The molecule has 160 valence electrons. The molecule has 0 aromatic heterocycles. The van der Waals surface area contributed by atoms with Gasteiger partial charge in [0.25, 0.3) is 0 Å². The highest BCUT2D eigenvalue weighted by atomic mass is 19.4. The van der Waals surface area contributed by atoms with Crippen LogP contribution in [0.15, 0.2) is 71.7 Å². The normalized spacial score (nSPS) is 11.5. The summed E-state index contributed by atoms with van der Waals surface area (Å²) in [6.45, 7) is 2.45.